The highest BCUT2D eigenvalue weighted by molar-refractivity contribution is 7.22. The summed E-state index contributed by atoms with van der Waals surface area (Å²) in [4.78, 5) is 16.2. The number of nitrogens with zero attached hydrogens (tertiary/aromatic N) is 1. The highest BCUT2D eigenvalue weighted by Gasteiger charge is 2.12. The number of benzene rings is 1. The van der Waals surface area contributed by atoms with Crippen molar-refractivity contribution in [2.24, 2.45) is 0 Å². The first-order valence-electron chi connectivity index (χ1n) is 6.75. The Morgan fingerprint density at radius 1 is 1.48 bits per heavy atom. The van der Waals surface area contributed by atoms with Crippen molar-refractivity contribution in [2.75, 3.05) is 31.4 Å². The zero-order chi connectivity index (χ0) is 15.2. The maximum atomic E-state index is 11.8. The number of anilines is 2. The first kappa shape index (κ1) is 15.5. The number of amides is 1. The summed E-state index contributed by atoms with van der Waals surface area (Å²) in [6.07, 6.45) is 1.11. The van der Waals surface area contributed by atoms with Crippen molar-refractivity contribution in [1.82, 2.24) is 4.98 Å². The summed E-state index contributed by atoms with van der Waals surface area (Å²) in [5.74, 6) is 0.541. The van der Waals surface area contributed by atoms with E-state index in [1.807, 2.05) is 13.0 Å². The Bertz CT molecular complexity index is 627. The van der Waals surface area contributed by atoms with Gasteiger partial charge in [0.2, 0.25) is 5.91 Å². The number of ether oxygens (including phenoxy) is 2. The van der Waals surface area contributed by atoms with Crippen molar-refractivity contribution in [1.29, 1.82) is 0 Å². The third kappa shape index (κ3) is 4.05. The first-order chi connectivity index (χ1) is 10.1. The van der Waals surface area contributed by atoms with E-state index in [4.69, 9.17) is 15.2 Å². The second kappa shape index (κ2) is 7.24. The van der Waals surface area contributed by atoms with Crippen LogP contribution in [0, 0.1) is 0 Å². The minimum Gasteiger partial charge on any atom is -0.494 e. The van der Waals surface area contributed by atoms with Gasteiger partial charge in [-0.25, -0.2) is 4.98 Å². The zero-order valence-corrected chi connectivity index (χ0v) is 13.0. The number of nitrogen functional groups attached to an aromatic ring is 1. The molecule has 0 aliphatic rings. The SMILES string of the molecule is CCOCCCC(=O)Nc1nc2c(OC)cc(N)cc2s1. The zero-order valence-electron chi connectivity index (χ0n) is 12.1. The molecule has 0 unspecified atom stereocenters. The molecule has 0 radical (unpaired) electrons. The lowest BCUT2D eigenvalue weighted by atomic mass is 10.3. The third-order valence-corrected chi connectivity index (χ3v) is 3.76. The van der Waals surface area contributed by atoms with Gasteiger partial charge in [-0.3, -0.25) is 4.79 Å². The molecule has 1 amide bonds. The van der Waals surface area contributed by atoms with Gasteiger partial charge in [0.25, 0.3) is 0 Å². The number of hydrogen-bond acceptors (Lipinski definition) is 6. The first-order valence-corrected chi connectivity index (χ1v) is 7.57. The molecule has 0 saturated heterocycles. The monoisotopic (exact) mass is 309 g/mol. The lowest BCUT2D eigenvalue weighted by Crippen LogP contribution is -2.12. The number of hydrogen-bond donors (Lipinski definition) is 2. The molecule has 21 heavy (non-hydrogen) atoms. The highest BCUT2D eigenvalue weighted by Crippen LogP contribution is 2.34. The summed E-state index contributed by atoms with van der Waals surface area (Å²) in [5.41, 5.74) is 7.12. The number of thiazole rings is 1. The molecule has 0 spiro atoms. The molecule has 0 atom stereocenters. The summed E-state index contributed by atoms with van der Waals surface area (Å²) >= 11 is 1.38. The standard InChI is InChI=1S/C14H19N3O3S/c1-3-20-6-4-5-12(18)16-14-17-13-10(19-2)7-9(15)8-11(13)21-14/h7-8H,3-6,15H2,1-2H3,(H,16,17,18). The van der Waals surface area contributed by atoms with Gasteiger partial charge in [0.15, 0.2) is 5.13 Å². The Morgan fingerprint density at radius 3 is 3.00 bits per heavy atom. The molecule has 0 bridgehead atoms. The van der Waals surface area contributed by atoms with Crippen LogP contribution < -0.4 is 15.8 Å². The summed E-state index contributed by atoms with van der Waals surface area (Å²) in [6, 6.07) is 3.54. The van der Waals surface area contributed by atoms with Crippen molar-refractivity contribution >= 4 is 38.3 Å². The quantitative estimate of drug-likeness (QED) is 0.606. The molecule has 114 valence electrons. The fourth-order valence-corrected chi connectivity index (χ4v) is 2.84. The Labute approximate surface area is 127 Å². The van der Waals surface area contributed by atoms with Gasteiger partial charge in [-0.05, 0) is 19.4 Å². The predicted molar refractivity (Wildman–Crippen MR) is 84.9 cm³/mol. The van der Waals surface area contributed by atoms with Crippen LogP contribution >= 0.6 is 11.3 Å². The average molecular weight is 309 g/mol. The summed E-state index contributed by atoms with van der Waals surface area (Å²) in [6.45, 7) is 3.19. The van der Waals surface area contributed by atoms with Crippen LogP contribution in [0.1, 0.15) is 19.8 Å². The molecular formula is C14H19N3O3S. The number of methoxy groups -OCH3 is 1. The highest BCUT2D eigenvalue weighted by atomic mass is 32.1. The smallest absolute Gasteiger partial charge is 0.226 e. The van der Waals surface area contributed by atoms with Gasteiger partial charge in [-0.1, -0.05) is 11.3 Å². The van der Waals surface area contributed by atoms with Crippen LogP contribution in [0.4, 0.5) is 10.8 Å². The molecule has 0 aliphatic heterocycles. The molecule has 3 N–H and O–H groups in total. The van der Waals surface area contributed by atoms with E-state index < -0.39 is 0 Å². The Balaban J connectivity index is 2.04. The van der Waals surface area contributed by atoms with Gasteiger partial charge in [0.05, 0.1) is 11.8 Å². The van der Waals surface area contributed by atoms with Crippen molar-refractivity contribution in [3.63, 3.8) is 0 Å². The largest absolute Gasteiger partial charge is 0.494 e. The fraction of sp³-hybridized carbons (Fsp3) is 0.429. The molecule has 1 aromatic heterocycles. The molecule has 0 saturated carbocycles. The topological polar surface area (TPSA) is 86.5 Å². The Kier molecular flexibility index (Phi) is 5.35. The second-order valence-corrected chi connectivity index (χ2v) is 5.47. The maximum absolute atomic E-state index is 11.8. The number of carbonyl (C=O) groups is 1. The van der Waals surface area contributed by atoms with E-state index in [1.54, 1.807) is 13.2 Å². The number of aromatic nitrogens is 1. The van der Waals surface area contributed by atoms with Crippen molar-refractivity contribution in [3.05, 3.63) is 12.1 Å². The summed E-state index contributed by atoms with van der Waals surface area (Å²) in [5, 5.41) is 3.35. The number of nitrogens with one attached hydrogen (secondary N) is 1. The molecule has 0 fully saturated rings. The number of nitrogens with two attached hydrogens (primary N) is 1. The van der Waals surface area contributed by atoms with Gasteiger partial charge in [0, 0.05) is 31.4 Å². The lowest BCUT2D eigenvalue weighted by Gasteiger charge is -2.02. The van der Waals surface area contributed by atoms with Crippen LogP contribution in [0.15, 0.2) is 12.1 Å². The second-order valence-electron chi connectivity index (χ2n) is 4.44. The van der Waals surface area contributed by atoms with Gasteiger partial charge < -0.3 is 20.5 Å². The molecule has 0 aliphatic carbocycles. The lowest BCUT2D eigenvalue weighted by molar-refractivity contribution is -0.116. The summed E-state index contributed by atoms with van der Waals surface area (Å²) in [7, 11) is 1.57. The van der Waals surface area contributed by atoms with Gasteiger partial charge in [0.1, 0.15) is 11.3 Å². The summed E-state index contributed by atoms with van der Waals surface area (Å²) < 4.78 is 11.3. The van der Waals surface area contributed by atoms with E-state index in [0.29, 0.717) is 48.1 Å². The van der Waals surface area contributed by atoms with Crippen LogP contribution in [0.25, 0.3) is 10.2 Å². The van der Waals surface area contributed by atoms with Crippen LogP contribution in [-0.2, 0) is 9.53 Å². The fourth-order valence-electron chi connectivity index (χ4n) is 1.89. The normalized spacial score (nSPS) is 10.8. The number of rotatable bonds is 7. The van der Waals surface area contributed by atoms with Gasteiger partial charge in [-0.2, -0.15) is 0 Å². The van der Waals surface area contributed by atoms with Crippen LogP contribution in [-0.4, -0.2) is 31.2 Å². The predicted octanol–water partition coefficient (Wildman–Crippen LogP) is 2.64. The number of fused-ring (bicyclic) bond motifs is 1. The number of carbonyl (C=O) groups excluding carboxylic acids is 1. The Hall–Kier alpha value is -1.86. The third-order valence-electron chi connectivity index (χ3n) is 2.85. The van der Waals surface area contributed by atoms with E-state index in [9.17, 15) is 4.79 Å². The molecule has 6 nitrogen and oxygen atoms in total. The van der Waals surface area contributed by atoms with Gasteiger partial charge >= 0.3 is 0 Å². The molecular weight excluding hydrogens is 290 g/mol. The van der Waals surface area contributed by atoms with Crippen LogP contribution in [0.2, 0.25) is 0 Å². The van der Waals surface area contributed by atoms with E-state index in [2.05, 4.69) is 10.3 Å². The van der Waals surface area contributed by atoms with E-state index in [-0.39, 0.29) is 5.91 Å². The molecule has 1 aromatic carbocycles. The van der Waals surface area contributed by atoms with E-state index in [0.717, 1.165) is 4.70 Å². The maximum Gasteiger partial charge on any atom is 0.226 e. The average Bonchev–Trinajstić information content (AvgIpc) is 2.84. The molecule has 2 aromatic rings. The molecule has 7 heteroatoms. The molecule has 1 heterocycles. The Morgan fingerprint density at radius 2 is 2.29 bits per heavy atom. The van der Waals surface area contributed by atoms with E-state index >= 15 is 0 Å². The van der Waals surface area contributed by atoms with Crippen molar-refractivity contribution < 1.29 is 14.3 Å². The van der Waals surface area contributed by atoms with Crippen LogP contribution in [0.5, 0.6) is 5.75 Å². The van der Waals surface area contributed by atoms with Crippen molar-refractivity contribution in [3.8, 4) is 5.75 Å². The van der Waals surface area contributed by atoms with Crippen LogP contribution in [0.3, 0.4) is 0 Å². The van der Waals surface area contributed by atoms with E-state index in [1.165, 1.54) is 11.3 Å². The minimum atomic E-state index is -0.0688. The molecule has 2 rings (SSSR count). The van der Waals surface area contributed by atoms with Crippen molar-refractivity contribution in [2.45, 2.75) is 19.8 Å². The minimum absolute atomic E-state index is 0.0688. The van der Waals surface area contributed by atoms with Gasteiger partial charge in [-0.15, -0.1) is 0 Å².